The normalized spacial score (nSPS) is 12.0. The minimum absolute atomic E-state index is 0.0547. The molecule has 0 saturated carbocycles. The molecule has 4 heteroatoms. The van der Waals surface area contributed by atoms with E-state index in [1.54, 1.807) is 0 Å². The lowest BCUT2D eigenvalue weighted by molar-refractivity contribution is 0.0837. The van der Waals surface area contributed by atoms with Crippen molar-refractivity contribution in [1.29, 1.82) is 0 Å². The zero-order valence-corrected chi connectivity index (χ0v) is 21.1. The van der Waals surface area contributed by atoms with E-state index < -0.39 is 0 Å². The van der Waals surface area contributed by atoms with Gasteiger partial charge in [0.1, 0.15) is 6.10 Å². The number of unbranched alkanes of at least 4 members (excludes halogenated alkanes) is 9. The number of alkyl carbamates (subject to hydrolysis) is 1. The number of hydrogen-bond donors (Lipinski definition) is 1. The predicted octanol–water partition coefficient (Wildman–Crippen LogP) is 8.31. The van der Waals surface area contributed by atoms with Crippen LogP contribution in [0.25, 0.3) is 0 Å². The molecule has 1 aromatic rings. The minimum Gasteiger partial charge on any atom is -0.446 e. The molecule has 166 valence electrons. The third kappa shape index (κ3) is 13.2. The number of carbonyl (C=O) groups excluding carboxylic acids is 1. The Balaban J connectivity index is 2.38. The number of amides is 1. The summed E-state index contributed by atoms with van der Waals surface area (Å²) >= 11 is 2.32. The van der Waals surface area contributed by atoms with Gasteiger partial charge < -0.3 is 10.1 Å². The highest BCUT2D eigenvalue weighted by atomic mass is 127. The average molecular weight is 516 g/mol. The molecule has 0 spiro atoms. The molecule has 3 nitrogen and oxygen atoms in total. The molecular formula is C25H42INO2. The summed E-state index contributed by atoms with van der Waals surface area (Å²) in [6.45, 7) is 7.09. The van der Waals surface area contributed by atoms with Gasteiger partial charge in [0.15, 0.2) is 0 Å². The number of benzene rings is 1. The molecule has 0 aromatic heterocycles. The number of halogens is 1. The fraction of sp³-hybridized carbons (Fsp3) is 0.720. The Morgan fingerprint density at radius 1 is 0.931 bits per heavy atom. The second-order valence-electron chi connectivity index (χ2n) is 8.24. The van der Waals surface area contributed by atoms with Gasteiger partial charge in [0, 0.05) is 10.1 Å². The van der Waals surface area contributed by atoms with Crippen LogP contribution >= 0.6 is 22.6 Å². The van der Waals surface area contributed by atoms with E-state index in [9.17, 15) is 4.79 Å². The molecule has 0 heterocycles. The van der Waals surface area contributed by atoms with Gasteiger partial charge in [0.2, 0.25) is 0 Å². The lowest BCUT2D eigenvalue weighted by Crippen LogP contribution is -2.29. The van der Waals surface area contributed by atoms with Crippen LogP contribution in [0.1, 0.15) is 108 Å². The Morgan fingerprint density at radius 3 is 2.10 bits per heavy atom. The van der Waals surface area contributed by atoms with Crippen LogP contribution < -0.4 is 5.32 Å². The van der Waals surface area contributed by atoms with Crippen LogP contribution in [0.3, 0.4) is 0 Å². The third-order valence-corrected chi connectivity index (χ3v) is 6.46. The highest BCUT2D eigenvalue weighted by Gasteiger charge is 2.14. The summed E-state index contributed by atoms with van der Waals surface area (Å²) in [7, 11) is 0. The highest BCUT2D eigenvalue weighted by Crippen LogP contribution is 2.17. The second kappa shape index (κ2) is 17.0. The van der Waals surface area contributed by atoms with Gasteiger partial charge in [0.25, 0.3) is 0 Å². The molecule has 0 radical (unpaired) electrons. The van der Waals surface area contributed by atoms with Gasteiger partial charge in [-0.05, 0) is 66.8 Å². The first-order valence-corrected chi connectivity index (χ1v) is 12.8. The van der Waals surface area contributed by atoms with Crippen LogP contribution in [0.2, 0.25) is 0 Å². The van der Waals surface area contributed by atoms with Gasteiger partial charge >= 0.3 is 6.09 Å². The Hall–Kier alpha value is -0.780. The Bertz CT molecular complexity index is 562. The van der Waals surface area contributed by atoms with Crippen LogP contribution in [-0.4, -0.2) is 12.2 Å². The van der Waals surface area contributed by atoms with E-state index in [2.05, 4.69) is 66.9 Å². The number of aryl methyl sites for hydroxylation is 1. The number of ether oxygens (including phenoxy) is 1. The van der Waals surface area contributed by atoms with Crippen LogP contribution in [-0.2, 0) is 11.3 Å². The maximum Gasteiger partial charge on any atom is 0.407 e. The first kappa shape index (κ1) is 26.3. The molecule has 0 bridgehead atoms. The number of rotatable bonds is 16. The van der Waals surface area contributed by atoms with Crippen molar-refractivity contribution in [2.45, 2.75) is 117 Å². The molecule has 1 N–H and O–H groups in total. The summed E-state index contributed by atoms with van der Waals surface area (Å²) in [5.74, 6) is 0. The largest absolute Gasteiger partial charge is 0.446 e. The number of carbonyl (C=O) groups is 1. The summed E-state index contributed by atoms with van der Waals surface area (Å²) in [5, 5.41) is 2.96. The summed E-state index contributed by atoms with van der Waals surface area (Å²) in [5.41, 5.74) is 2.36. The summed E-state index contributed by atoms with van der Waals surface area (Å²) < 4.78 is 6.99. The second-order valence-corrected chi connectivity index (χ2v) is 9.40. The molecule has 1 amide bonds. The van der Waals surface area contributed by atoms with Crippen molar-refractivity contribution in [3.8, 4) is 0 Å². The van der Waals surface area contributed by atoms with Crippen LogP contribution in [0.15, 0.2) is 18.2 Å². The van der Waals surface area contributed by atoms with E-state index >= 15 is 0 Å². The Kier molecular flexibility index (Phi) is 15.4. The molecule has 0 saturated heterocycles. The van der Waals surface area contributed by atoms with E-state index in [-0.39, 0.29) is 12.2 Å². The molecule has 1 aromatic carbocycles. The molecule has 1 rings (SSSR count). The minimum atomic E-state index is -0.272. The first-order valence-electron chi connectivity index (χ1n) is 11.8. The van der Waals surface area contributed by atoms with Crippen molar-refractivity contribution in [2.75, 3.05) is 0 Å². The maximum atomic E-state index is 12.4. The molecule has 0 fully saturated rings. The van der Waals surface area contributed by atoms with Gasteiger partial charge in [0.05, 0.1) is 0 Å². The molecule has 1 unspecified atom stereocenters. The fourth-order valence-electron chi connectivity index (χ4n) is 3.59. The monoisotopic (exact) mass is 515 g/mol. The van der Waals surface area contributed by atoms with Gasteiger partial charge in [-0.1, -0.05) is 89.3 Å². The lowest BCUT2D eigenvalue weighted by atomic mass is 10.0. The summed E-state index contributed by atoms with van der Waals surface area (Å²) in [6, 6.07) is 6.32. The third-order valence-electron chi connectivity index (χ3n) is 5.41. The zero-order chi connectivity index (χ0) is 21.3. The van der Waals surface area contributed by atoms with Gasteiger partial charge in [-0.3, -0.25) is 0 Å². The molecule has 0 aliphatic rings. The van der Waals surface area contributed by atoms with E-state index in [1.165, 1.54) is 66.9 Å². The lowest BCUT2D eigenvalue weighted by Gasteiger charge is -2.19. The van der Waals surface area contributed by atoms with E-state index in [1.807, 2.05) is 0 Å². The zero-order valence-electron chi connectivity index (χ0n) is 18.9. The van der Waals surface area contributed by atoms with Crippen LogP contribution in [0.4, 0.5) is 4.79 Å². The van der Waals surface area contributed by atoms with E-state index in [4.69, 9.17) is 4.74 Å². The first-order chi connectivity index (χ1) is 14.1. The van der Waals surface area contributed by atoms with Gasteiger partial charge in [-0.2, -0.15) is 0 Å². The number of nitrogens with one attached hydrogen (secondary N) is 1. The molecule has 0 aliphatic carbocycles. The SMILES string of the molecule is CCCCCCCCCC(CCCCCC)OC(=O)NCc1cc(C)ccc1I. The number of hydrogen-bond acceptors (Lipinski definition) is 2. The van der Waals surface area contributed by atoms with E-state index in [0.29, 0.717) is 6.54 Å². The molecule has 29 heavy (non-hydrogen) atoms. The van der Waals surface area contributed by atoms with E-state index in [0.717, 1.165) is 31.2 Å². The van der Waals surface area contributed by atoms with Crippen molar-refractivity contribution in [2.24, 2.45) is 0 Å². The van der Waals surface area contributed by atoms with Crippen molar-refractivity contribution in [3.63, 3.8) is 0 Å². The van der Waals surface area contributed by atoms with Crippen molar-refractivity contribution in [1.82, 2.24) is 5.32 Å². The topological polar surface area (TPSA) is 38.3 Å². The summed E-state index contributed by atoms with van der Waals surface area (Å²) in [6.07, 6.45) is 15.7. The van der Waals surface area contributed by atoms with Crippen LogP contribution in [0, 0.1) is 10.5 Å². The van der Waals surface area contributed by atoms with Crippen molar-refractivity contribution < 1.29 is 9.53 Å². The van der Waals surface area contributed by atoms with Crippen molar-refractivity contribution >= 4 is 28.7 Å². The maximum absolute atomic E-state index is 12.4. The Labute approximate surface area is 192 Å². The predicted molar refractivity (Wildman–Crippen MR) is 132 cm³/mol. The average Bonchev–Trinajstić information content (AvgIpc) is 2.71. The molecular weight excluding hydrogens is 473 g/mol. The van der Waals surface area contributed by atoms with Crippen molar-refractivity contribution in [3.05, 3.63) is 32.9 Å². The summed E-state index contributed by atoms with van der Waals surface area (Å²) in [4.78, 5) is 12.4. The standard InChI is InChI=1S/C25H42INO2/c1-4-6-8-10-11-12-14-16-23(15-13-9-7-5-2)29-25(28)27-20-22-19-21(3)17-18-24(22)26/h17-19,23H,4-16,20H2,1-3H3,(H,27,28). The molecule has 0 aliphatic heterocycles. The highest BCUT2D eigenvalue weighted by molar-refractivity contribution is 14.1. The quantitative estimate of drug-likeness (QED) is 0.178. The van der Waals surface area contributed by atoms with Gasteiger partial charge in [-0.25, -0.2) is 4.79 Å². The van der Waals surface area contributed by atoms with Crippen LogP contribution in [0.5, 0.6) is 0 Å². The van der Waals surface area contributed by atoms with Gasteiger partial charge in [-0.15, -0.1) is 0 Å². The smallest absolute Gasteiger partial charge is 0.407 e. The molecule has 1 atom stereocenters. The fourth-order valence-corrected chi connectivity index (χ4v) is 4.12. The Morgan fingerprint density at radius 2 is 1.48 bits per heavy atom.